The maximum Gasteiger partial charge on any atom is 0.161 e. The summed E-state index contributed by atoms with van der Waals surface area (Å²) in [6, 6.07) is 10.3. The van der Waals surface area contributed by atoms with Gasteiger partial charge in [-0.25, -0.2) is 0 Å². The van der Waals surface area contributed by atoms with E-state index in [0.29, 0.717) is 18.9 Å². The molecule has 0 saturated carbocycles. The Morgan fingerprint density at radius 3 is 2.42 bits per heavy atom. The van der Waals surface area contributed by atoms with Crippen LogP contribution in [-0.4, -0.2) is 18.5 Å². The highest BCUT2D eigenvalue weighted by molar-refractivity contribution is 5.83. The second kappa shape index (κ2) is 8.87. The van der Waals surface area contributed by atoms with Crippen LogP contribution < -0.4 is 0 Å². The molecule has 1 aromatic carbocycles. The summed E-state index contributed by atoms with van der Waals surface area (Å²) in [5, 5.41) is 0. The standard InChI is InChI=1S/C17H26O2/c1-4-9-16(18)17(19-12-5-2)13-14(3)15-10-7-6-8-11-15/h6-8,10-11,14,17H,4-5,9,12-13H2,1-3H3. The smallest absolute Gasteiger partial charge is 0.161 e. The van der Waals surface area contributed by atoms with Crippen LogP contribution >= 0.6 is 0 Å². The number of hydrogen-bond donors (Lipinski definition) is 0. The van der Waals surface area contributed by atoms with Gasteiger partial charge >= 0.3 is 0 Å². The number of carbonyl (C=O) groups excluding carboxylic acids is 1. The first-order chi connectivity index (χ1) is 9.19. The maximum absolute atomic E-state index is 12.1. The molecule has 0 amide bonds. The Balaban J connectivity index is 2.63. The van der Waals surface area contributed by atoms with E-state index in [4.69, 9.17) is 4.74 Å². The Kier molecular flexibility index (Phi) is 7.42. The van der Waals surface area contributed by atoms with Gasteiger partial charge in [0.2, 0.25) is 0 Å². The van der Waals surface area contributed by atoms with Crippen molar-refractivity contribution in [3.8, 4) is 0 Å². The van der Waals surface area contributed by atoms with Crippen LogP contribution in [-0.2, 0) is 9.53 Å². The van der Waals surface area contributed by atoms with Crippen molar-refractivity contribution in [1.82, 2.24) is 0 Å². The number of Topliss-reactive ketones (excluding diaryl/α,β-unsaturated/α-hetero) is 1. The Morgan fingerprint density at radius 1 is 1.16 bits per heavy atom. The Morgan fingerprint density at radius 2 is 1.84 bits per heavy atom. The second-order valence-corrected chi connectivity index (χ2v) is 5.12. The molecule has 0 radical (unpaired) electrons. The van der Waals surface area contributed by atoms with Crippen molar-refractivity contribution in [2.45, 2.75) is 58.5 Å². The van der Waals surface area contributed by atoms with Crippen molar-refractivity contribution >= 4 is 5.78 Å². The molecule has 0 bridgehead atoms. The number of carbonyl (C=O) groups is 1. The molecule has 2 nitrogen and oxygen atoms in total. The summed E-state index contributed by atoms with van der Waals surface area (Å²) >= 11 is 0. The summed E-state index contributed by atoms with van der Waals surface area (Å²) in [7, 11) is 0. The third-order valence-electron chi connectivity index (χ3n) is 3.31. The van der Waals surface area contributed by atoms with Crippen molar-refractivity contribution in [1.29, 1.82) is 0 Å². The molecule has 0 N–H and O–H groups in total. The van der Waals surface area contributed by atoms with E-state index in [9.17, 15) is 4.79 Å². The number of ketones is 1. The predicted octanol–water partition coefficient (Wildman–Crippen LogP) is 4.34. The van der Waals surface area contributed by atoms with Crippen LogP contribution in [0.15, 0.2) is 30.3 Å². The van der Waals surface area contributed by atoms with Gasteiger partial charge in [0.05, 0.1) is 0 Å². The Hall–Kier alpha value is -1.15. The molecule has 0 heterocycles. The first kappa shape index (κ1) is 15.9. The fourth-order valence-electron chi connectivity index (χ4n) is 2.20. The van der Waals surface area contributed by atoms with E-state index in [1.54, 1.807) is 0 Å². The van der Waals surface area contributed by atoms with E-state index in [2.05, 4.69) is 26.0 Å². The number of ether oxygens (including phenoxy) is 1. The van der Waals surface area contributed by atoms with E-state index in [1.807, 2.05) is 25.1 Å². The van der Waals surface area contributed by atoms with E-state index in [-0.39, 0.29) is 11.9 Å². The summed E-state index contributed by atoms with van der Waals surface area (Å²) in [5.41, 5.74) is 1.27. The fourth-order valence-corrected chi connectivity index (χ4v) is 2.20. The van der Waals surface area contributed by atoms with Gasteiger partial charge in [0.25, 0.3) is 0 Å². The molecule has 0 aromatic heterocycles. The van der Waals surface area contributed by atoms with Crippen molar-refractivity contribution < 1.29 is 9.53 Å². The predicted molar refractivity (Wildman–Crippen MR) is 79.4 cm³/mol. The number of benzene rings is 1. The van der Waals surface area contributed by atoms with Gasteiger partial charge in [-0.2, -0.15) is 0 Å². The minimum absolute atomic E-state index is 0.241. The average molecular weight is 262 g/mol. The van der Waals surface area contributed by atoms with Crippen LogP contribution in [0.4, 0.5) is 0 Å². The van der Waals surface area contributed by atoms with E-state index < -0.39 is 0 Å². The molecule has 0 aliphatic heterocycles. The lowest BCUT2D eigenvalue weighted by atomic mass is 9.92. The van der Waals surface area contributed by atoms with Crippen molar-refractivity contribution in [3.05, 3.63) is 35.9 Å². The molecule has 106 valence electrons. The Labute approximate surface area is 117 Å². The number of rotatable bonds is 9. The molecule has 0 aliphatic rings. The van der Waals surface area contributed by atoms with Gasteiger partial charge < -0.3 is 4.74 Å². The molecule has 19 heavy (non-hydrogen) atoms. The van der Waals surface area contributed by atoms with Crippen LogP contribution in [0.25, 0.3) is 0 Å². The lowest BCUT2D eigenvalue weighted by Crippen LogP contribution is -2.26. The molecule has 2 heteroatoms. The summed E-state index contributed by atoms with van der Waals surface area (Å²) in [6.45, 7) is 6.94. The zero-order chi connectivity index (χ0) is 14.1. The minimum Gasteiger partial charge on any atom is -0.370 e. The third kappa shape index (κ3) is 5.56. The maximum atomic E-state index is 12.1. The van der Waals surface area contributed by atoms with E-state index >= 15 is 0 Å². The molecule has 0 spiro atoms. The van der Waals surface area contributed by atoms with Crippen LogP contribution in [0.1, 0.15) is 57.9 Å². The Bertz CT molecular complexity index is 359. The van der Waals surface area contributed by atoms with Crippen LogP contribution in [0.3, 0.4) is 0 Å². The highest BCUT2D eigenvalue weighted by Gasteiger charge is 2.21. The van der Waals surface area contributed by atoms with E-state index in [1.165, 1.54) is 5.56 Å². The minimum atomic E-state index is -0.241. The number of hydrogen-bond acceptors (Lipinski definition) is 2. The highest BCUT2D eigenvalue weighted by Crippen LogP contribution is 2.22. The van der Waals surface area contributed by atoms with Gasteiger partial charge in [-0.3, -0.25) is 4.79 Å². The molecule has 0 fully saturated rings. The first-order valence-corrected chi connectivity index (χ1v) is 7.38. The van der Waals surface area contributed by atoms with Gasteiger partial charge in [0.1, 0.15) is 6.10 Å². The molecule has 2 atom stereocenters. The largest absolute Gasteiger partial charge is 0.370 e. The van der Waals surface area contributed by atoms with Gasteiger partial charge in [0, 0.05) is 13.0 Å². The van der Waals surface area contributed by atoms with Crippen LogP contribution in [0.5, 0.6) is 0 Å². The quantitative estimate of drug-likeness (QED) is 0.661. The molecule has 0 aliphatic carbocycles. The molecular weight excluding hydrogens is 236 g/mol. The molecule has 2 unspecified atom stereocenters. The fraction of sp³-hybridized carbons (Fsp3) is 0.588. The van der Waals surface area contributed by atoms with Gasteiger partial charge in [0.15, 0.2) is 5.78 Å². The molecular formula is C17H26O2. The van der Waals surface area contributed by atoms with E-state index in [0.717, 1.165) is 19.3 Å². The summed E-state index contributed by atoms with van der Waals surface area (Å²) in [4.78, 5) is 12.1. The molecule has 0 saturated heterocycles. The third-order valence-corrected chi connectivity index (χ3v) is 3.31. The van der Waals surface area contributed by atoms with Crippen LogP contribution in [0, 0.1) is 0 Å². The summed E-state index contributed by atoms with van der Waals surface area (Å²) < 4.78 is 5.75. The molecule has 1 aromatic rings. The van der Waals surface area contributed by atoms with Crippen molar-refractivity contribution in [3.63, 3.8) is 0 Å². The summed E-state index contributed by atoms with van der Waals surface area (Å²) in [5.74, 6) is 0.600. The average Bonchev–Trinajstić information content (AvgIpc) is 2.44. The van der Waals surface area contributed by atoms with Crippen LogP contribution in [0.2, 0.25) is 0 Å². The monoisotopic (exact) mass is 262 g/mol. The molecule has 1 rings (SSSR count). The zero-order valence-corrected chi connectivity index (χ0v) is 12.4. The van der Waals surface area contributed by atoms with Gasteiger partial charge in [-0.1, -0.05) is 51.1 Å². The van der Waals surface area contributed by atoms with Crippen molar-refractivity contribution in [2.24, 2.45) is 0 Å². The van der Waals surface area contributed by atoms with Gasteiger partial charge in [-0.15, -0.1) is 0 Å². The first-order valence-electron chi connectivity index (χ1n) is 7.38. The lowest BCUT2D eigenvalue weighted by Gasteiger charge is -2.20. The highest BCUT2D eigenvalue weighted by atomic mass is 16.5. The second-order valence-electron chi connectivity index (χ2n) is 5.12. The zero-order valence-electron chi connectivity index (χ0n) is 12.4. The van der Waals surface area contributed by atoms with Gasteiger partial charge in [-0.05, 0) is 30.7 Å². The normalized spacial score (nSPS) is 14.1. The van der Waals surface area contributed by atoms with Crippen molar-refractivity contribution in [2.75, 3.05) is 6.61 Å². The summed E-state index contributed by atoms with van der Waals surface area (Å²) in [6.07, 6.45) is 3.01. The lowest BCUT2D eigenvalue weighted by molar-refractivity contribution is -0.131. The SMILES string of the molecule is CCCOC(CC(C)c1ccccc1)C(=O)CCC. The topological polar surface area (TPSA) is 26.3 Å².